The van der Waals surface area contributed by atoms with Gasteiger partial charge in [0.05, 0.1) is 12.5 Å². The summed E-state index contributed by atoms with van der Waals surface area (Å²) in [5, 5.41) is 9.48. The van der Waals surface area contributed by atoms with E-state index >= 15 is 0 Å². The summed E-state index contributed by atoms with van der Waals surface area (Å²) in [4.78, 5) is 22.8. The summed E-state index contributed by atoms with van der Waals surface area (Å²) in [7, 11) is 3.33. The highest BCUT2D eigenvalue weighted by Gasteiger charge is 2.36. The van der Waals surface area contributed by atoms with Crippen LogP contribution in [0, 0.1) is 0 Å². The zero-order valence-electron chi connectivity index (χ0n) is 11.0. The second kappa shape index (κ2) is 6.82. The zero-order valence-corrected chi connectivity index (χ0v) is 12.6. The number of Topliss-reactive ketones (excluding diaryl/α,β-unsaturated/α-hetero) is 1. The van der Waals surface area contributed by atoms with E-state index in [1.165, 1.54) is 0 Å². The number of esters is 1. The molecule has 1 rings (SSSR count). The van der Waals surface area contributed by atoms with Gasteiger partial charge in [0.15, 0.2) is 11.9 Å². The Morgan fingerprint density at radius 3 is 2.67 bits per heavy atom. The monoisotopic (exact) mass is 292 g/mol. The van der Waals surface area contributed by atoms with Crippen molar-refractivity contribution in [2.45, 2.75) is 57.0 Å². The van der Waals surface area contributed by atoms with E-state index in [4.69, 9.17) is 4.74 Å². The molecule has 4 nitrogen and oxygen atoms in total. The standard InChI is InChI=1S/C12H20O4S2/c1-12(2,3)18-17-7-6-10(15)16-11-8(13)4-5-9(11)14/h8,11,13H,4-7H2,1-3H3. The van der Waals surface area contributed by atoms with E-state index in [1.54, 1.807) is 21.6 Å². The SMILES string of the molecule is CC(C)(C)SSCCC(=O)OC1C(=O)CCC1O. The second-order valence-corrected chi connectivity index (χ2v) is 8.49. The average Bonchev–Trinajstić information content (AvgIpc) is 2.55. The molecule has 0 aromatic carbocycles. The molecule has 0 aromatic heterocycles. The molecule has 0 heterocycles. The second-order valence-electron chi connectivity index (χ2n) is 5.25. The molecule has 0 amide bonds. The van der Waals surface area contributed by atoms with Crippen LogP contribution in [0.15, 0.2) is 0 Å². The predicted octanol–water partition coefficient (Wildman–Crippen LogP) is 2.19. The van der Waals surface area contributed by atoms with Gasteiger partial charge in [-0.15, -0.1) is 0 Å². The topological polar surface area (TPSA) is 63.6 Å². The molecule has 0 aliphatic heterocycles. The highest BCUT2D eigenvalue weighted by Crippen LogP contribution is 2.35. The Bertz CT molecular complexity index is 312. The lowest BCUT2D eigenvalue weighted by atomic mass is 10.2. The van der Waals surface area contributed by atoms with Crippen LogP contribution < -0.4 is 0 Å². The van der Waals surface area contributed by atoms with Crippen molar-refractivity contribution in [1.29, 1.82) is 0 Å². The van der Waals surface area contributed by atoms with Crippen molar-refractivity contribution in [3.8, 4) is 0 Å². The van der Waals surface area contributed by atoms with Gasteiger partial charge in [-0.3, -0.25) is 9.59 Å². The molecule has 104 valence electrons. The molecule has 0 radical (unpaired) electrons. The molecule has 1 fully saturated rings. The van der Waals surface area contributed by atoms with Crippen LogP contribution in [0.2, 0.25) is 0 Å². The lowest BCUT2D eigenvalue weighted by Crippen LogP contribution is -2.31. The number of carbonyl (C=O) groups excluding carboxylic acids is 2. The molecule has 0 bridgehead atoms. The first-order chi connectivity index (χ1) is 8.29. The first kappa shape index (κ1) is 15.9. The van der Waals surface area contributed by atoms with Crippen LogP contribution in [0.3, 0.4) is 0 Å². The molecule has 0 saturated heterocycles. The Morgan fingerprint density at radius 1 is 1.50 bits per heavy atom. The van der Waals surface area contributed by atoms with Crippen LogP contribution in [-0.4, -0.2) is 39.6 Å². The molecular formula is C12H20O4S2. The molecule has 2 unspecified atom stereocenters. The fraction of sp³-hybridized carbons (Fsp3) is 0.833. The predicted molar refractivity (Wildman–Crippen MR) is 74.5 cm³/mol. The maximum Gasteiger partial charge on any atom is 0.307 e. The first-order valence-electron chi connectivity index (χ1n) is 6.00. The van der Waals surface area contributed by atoms with Gasteiger partial charge in [-0.1, -0.05) is 42.4 Å². The van der Waals surface area contributed by atoms with Crippen molar-refractivity contribution in [2.24, 2.45) is 0 Å². The summed E-state index contributed by atoms with van der Waals surface area (Å²) in [5.41, 5.74) is 0. The average molecular weight is 292 g/mol. The Hall–Kier alpha value is -0.200. The number of carbonyl (C=O) groups is 2. The van der Waals surface area contributed by atoms with Crippen LogP contribution in [-0.2, 0) is 14.3 Å². The largest absolute Gasteiger partial charge is 0.452 e. The fourth-order valence-electron chi connectivity index (χ4n) is 1.49. The van der Waals surface area contributed by atoms with Gasteiger partial charge in [0.1, 0.15) is 0 Å². The zero-order chi connectivity index (χ0) is 13.8. The Labute approximate surface area is 116 Å². The fourth-order valence-corrected chi connectivity index (χ4v) is 3.73. The number of ether oxygens (including phenoxy) is 1. The number of aliphatic hydroxyl groups excluding tert-OH is 1. The van der Waals surface area contributed by atoms with E-state index in [9.17, 15) is 14.7 Å². The van der Waals surface area contributed by atoms with Gasteiger partial charge in [0.2, 0.25) is 0 Å². The molecule has 0 spiro atoms. The minimum Gasteiger partial charge on any atom is -0.452 e. The Kier molecular flexibility index (Phi) is 6.01. The van der Waals surface area contributed by atoms with E-state index in [2.05, 4.69) is 20.8 Å². The van der Waals surface area contributed by atoms with E-state index in [1.807, 2.05) is 0 Å². The molecule has 1 aliphatic rings. The van der Waals surface area contributed by atoms with Gasteiger partial charge in [-0.2, -0.15) is 0 Å². The third-order valence-corrected chi connectivity index (χ3v) is 5.65. The molecular weight excluding hydrogens is 272 g/mol. The van der Waals surface area contributed by atoms with Crippen LogP contribution in [0.5, 0.6) is 0 Å². The van der Waals surface area contributed by atoms with Gasteiger partial charge in [0.25, 0.3) is 0 Å². The van der Waals surface area contributed by atoms with Gasteiger partial charge < -0.3 is 9.84 Å². The summed E-state index contributed by atoms with van der Waals surface area (Å²) in [5.74, 6) is 0.0708. The minimum absolute atomic E-state index is 0.159. The summed E-state index contributed by atoms with van der Waals surface area (Å²) < 4.78 is 5.17. The van der Waals surface area contributed by atoms with Crippen LogP contribution in [0.1, 0.15) is 40.0 Å². The van der Waals surface area contributed by atoms with E-state index in [0.29, 0.717) is 18.6 Å². The van der Waals surface area contributed by atoms with Crippen molar-refractivity contribution in [3.63, 3.8) is 0 Å². The normalized spacial score (nSPS) is 24.3. The number of rotatable bonds is 5. The molecule has 1 N–H and O–H groups in total. The number of aliphatic hydroxyl groups is 1. The molecule has 1 aliphatic carbocycles. The molecule has 2 atom stereocenters. The summed E-state index contributed by atoms with van der Waals surface area (Å²) in [6.45, 7) is 6.32. The lowest BCUT2D eigenvalue weighted by molar-refractivity contribution is -0.157. The lowest BCUT2D eigenvalue weighted by Gasteiger charge is -2.16. The molecule has 0 aromatic rings. The molecule has 1 saturated carbocycles. The highest BCUT2D eigenvalue weighted by molar-refractivity contribution is 8.77. The van der Waals surface area contributed by atoms with E-state index < -0.39 is 18.2 Å². The third kappa shape index (κ3) is 5.63. The highest BCUT2D eigenvalue weighted by atomic mass is 33.1. The maximum atomic E-state index is 11.5. The van der Waals surface area contributed by atoms with Gasteiger partial charge >= 0.3 is 5.97 Å². The van der Waals surface area contributed by atoms with E-state index in [-0.39, 0.29) is 17.0 Å². The minimum atomic E-state index is -0.933. The Morgan fingerprint density at radius 2 is 2.17 bits per heavy atom. The summed E-state index contributed by atoms with van der Waals surface area (Å²) in [6, 6.07) is 0. The smallest absolute Gasteiger partial charge is 0.307 e. The van der Waals surface area contributed by atoms with Gasteiger partial charge in [0, 0.05) is 16.9 Å². The first-order valence-corrected chi connectivity index (χ1v) is 8.32. The number of hydrogen-bond donors (Lipinski definition) is 1. The van der Waals surface area contributed by atoms with Crippen molar-refractivity contribution >= 4 is 33.3 Å². The quantitative estimate of drug-likeness (QED) is 0.476. The van der Waals surface area contributed by atoms with Crippen LogP contribution in [0.25, 0.3) is 0 Å². The van der Waals surface area contributed by atoms with Crippen LogP contribution >= 0.6 is 21.6 Å². The van der Waals surface area contributed by atoms with Crippen molar-refractivity contribution in [3.05, 3.63) is 0 Å². The van der Waals surface area contributed by atoms with E-state index in [0.717, 1.165) is 0 Å². The number of ketones is 1. The van der Waals surface area contributed by atoms with Crippen LogP contribution in [0.4, 0.5) is 0 Å². The Balaban J connectivity index is 2.20. The van der Waals surface area contributed by atoms with Gasteiger partial charge in [-0.25, -0.2) is 0 Å². The third-order valence-electron chi connectivity index (χ3n) is 2.31. The summed E-state index contributed by atoms with van der Waals surface area (Å²) in [6.07, 6.45) is -0.792. The van der Waals surface area contributed by atoms with Gasteiger partial charge in [-0.05, 0) is 6.42 Å². The molecule has 6 heteroatoms. The van der Waals surface area contributed by atoms with Crippen molar-refractivity contribution in [1.82, 2.24) is 0 Å². The maximum absolute atomic E-state index is 11.5. The molecule has 18 heavy (non-hydrogen) atoms. The summed E-state index contributed by atoms with van der Waals surface area (Å²) >= 11 is 0. The van der Waals surface area contributed by atoms with Crippen molar-refractivity contribution < 1.29 is 19.4 Å². The van der Waals surface area contributed by atoms with Crippen molar-refractivity contribution in [2.75, 3.05) is 5.75 Å². The number of hydrogen-bond acceptors (Lipinski definition) is 6.